The Kier molecular flexibility index (Phi) is 22.2. The summed E-state index contributed by atoms with van der Waals surface area (Å²) in [5, 5.41) is 0.925. The number of ether oxygens (including phenoxy) is 1. The second-order valence-corrected chi connectivity index (χ2v) is 8.15. The number of quaternary nitrogens is 1. The molecule has 0 bridgehead atoms. The molecule has 0 spiro atoms. The number of carbonyl (C=O) groups excluding carboxylic acids is 1. The monoisotopic (exact) mass is 857 g/mol. The second-order valence-electron chi connectivity index (χ2n) is 7.09. The average molecular weight is 860 g/mol. The van der Waals surface area contributed by atoms with Gasteiger partial charge in [0.2, 0.25) is 0 Å². The molecule has 0 aliphatic rings. The molecule has 0 saturated heterocycles. The molecule has 0 saturated carbocycles. The molecule has 0 amide bonds. The summed E-state index contributed by atoms with van der Waals surface area (Å²) in [7, 11) is 0. The van der Waals surface area contributed by atoms with E-state index in [0.29, 0.717) is 5.75 Å². The van der Waals surface area contributed by atoms with Crippen molar-refractivity contribution in [3.05, 3.63) is 59.1 Å². The van der Waals surface area contributed by atoms with E-state index in [0.717, 1.165) is 20.8 Å². The molecular formula is C25H33Br3N2O2PtS. The molecule has 192 valence electrons. The zero-order valence-corrected chi connectivity index (χ0v) is 28.0. The number of hydrogen-bond donors (Lipinski definition) is 0. The largest absolute Gasteiger partial charge is 2.00 e. The molecule has 2 aromatic carbocycles. The number of hydrogen-bond acceptors (Lipinski definition) is 4. The number of nitrogens with zero attached hydrogens (tertiary/aromatic N) is 2. The van der Waals surface area contributed by atoms with E-state index >= 15 is 0 Å². The normalized spacial score (nSPS) is 10.0. The van der Waals surface area contributed by atoms with Crippen molar-refractivity contribution in [2.24, 2.45) is 0 Å². The van der Waals surface area contributed by atoms with Crippen LogP contribution in [0.25, 0.3) is 22.4 Å². The number of fused-ring (bicyclic) bond motifs is 1. The summed E-state index contributed by atoms with van der Waals surface area (Å²) in [6.45, 7) is 15.6. The maximum Gasteiger partial charge on any atom is 2.00 e. The van der Waals surface area contributed by atoms with Gasteiger partial charge in [-0.3, -0.25) is 4.79 Å². The van der Waals surface area contributed by atoms with E-state index in [1.807, 2.05) is 48.6 Å². The maximum absolute atomic E-state index is 11.1. The Hall–Kier alpha value is -0.372. The van der Waals surface area contributed by atoms with Crippen LogP contribution in [-0.4, -0.2) is 41.6 Å². The quantitative estimate of drug-likeness (QED) is 0.148. The van der Waals surface area contributed by atoms with Gasteiger partial charge in [0.25, 0.3) is 0 Å². The predicted molar refractivity (Wildman–Crippen MR) is 129 cm³/mol. The van der Waals surface area contributed by atoms with Crippen LogP contribution in [0, 0.1) is 0 Å². The third-order valence-electron chi connectivity index (χ3n) is 5.57. The van der Waals surface area contributed by atoms with Crippen molar-refractivity contribution < 1.29 is 86.0 Å². The Morgan fingerprint density at radius 2 is 1.41 bits per heavy atom. The Morgan fingerprint density at radius 1 is 0.882 bits per heavy atom. The third kappa shape index (κ3) is 11.6. The van der Waals surface area contributed by atoms with Gasteiger partial charge in [0, 0.05) is 12.5 Å². The summed E-state index contributed by atoms with van der Waals surface area (Å²) < 4.78 is 7.62. The molecule has 9 heteroatoms. The van der Waals surface area contributed by atoms with Gasteiger partial charge in [-0.25, -0.2) is 4.98 Å². The van der Waals surface area contributed by atoms with E-state index in [1.165, 1.54) is 37.6 Å². The number of halogens is 3. The summed E-state index contributed by atoms with van der Waals surface area (Å²) in [5.74, 6) is 0.234. The second kappa shape index (κ2) is 19.8. The molecule has 1 aromatic heterocycles. The molecule has 0 N–H and O–H groups in total. The van der Waals surface area contributed by atoms with Gasteiger partial charge in [-0.1, -0.05) is 30.3 Å². The van der Waals surface area contributed by atoms with Gasteiger partial charge < -0.3 is 60.2 Å². The first-order valence-electron chi connectivity index (χ1n) is 10.6. The van der Waals surface area contributed by atoms with Crippen LogP contribution in [0.1, 0.15) is 45.2 Å². The Morgan fingerprint density at radius 3 is 1.91 bits per heavy atom. The molecule has 0 radical (unpaired) electrons. The van der Waals surface area contributed by atoms with Crippen LogP contribution < -0.4 is 55.7 Å². The summed E-state index contributed by atoms with van der Waals surface area (Å²) in [6, 6.07) is 15.5. The molecule has 34 heavy (non-hydrogen) atoms. The SMILES string of the molecule is CC(=O)Oc1ccccc1/C=C/c1nc2ccccc2s1.CC[N+](CC)(CC)CC.[Br-].[Br-].[Br-].[Pt+2]. The first-order chi connectivity index (χ1) is 14.5. The van der Waals surface area contributed by atoms with Gasteiger partial charge >= 0.3 is 27.0 Å². The number of carbonyl (C=O) groups is 1. The fourth-order valence-electron chi connectivity index (χ4n) is 3.33. The smallest absolute Gasteiger partial charge is 1.00 e. The van der Waals surface area contributed by atoms with Crippen LogP contribution in [0.4, 0.5) is 0 Å². The summed E-state index contributed by atoms with van der Waals surface area (Å²) in [5.41, 5.74) is 1.85. The number of thiazole rings is 1. The number of rotatable bonds is 7. The fraction of sp³-hybridized carbons (Fsp3) is 0.360. The van der Waals surface area contributed by atoms with E-state index < -0.39 is 0 Å². The number of para-hydroxylation sites is 2. The first kappa shape index (κ1) is 38.2. The van der Waals surface area contributed by atoms with Crippen molar-refractivity contribution in [3.8, 4) is 5.75 Å². The molecule has 0 atom stereocenters. The van der Waals surface area contributed by atoms with Crippen LogP contribution in [0.5, 0.6) is 5.75 Å². The summed E-state index contributed by atoms with van der Waals surface area (Å²) in [4.78, 5) is 15.6. The minimum Gasteiger partial charge on any atom is -1.00 e. The maximum atomic E-state index is 11.1. The van der Waals surface area contributed by atoms with Crippen LogP contribution in [0.15, 0.2) is 48.5 Å². The van der Waals surface area contributed by atoms with Crippen LogP contribution in [0.2, 0.25) is 0 Å². The van der Waals surface area contributed by atoms with Gasteiger partial charge in [-0.15, -0.1) is 11.3 Å². The minimum absolute atomic E-state index is 0. The topological polar surface area (TPSA) is 39.2 Å². The first-order valence-corrected chi connectivity index (χ1v) is 11.4. The Bertz CT molecular complexity index is 944. The number of aromatic nitrogens is 1. The molecule has 0 unspecified atom stereocenters. The molecule has 0 aliphatic heterocycles. The van der Waals surface area contributed by atoms with E-state index in [2.05, 4.69) is 38.7 Å². The summed E-state index contributed by atoms with van der Waals surface area (Å²) >= 11 is 1.63. The van der Waals surface area contributed by atoms with Crippen molar-refractivity contribution in [1.82, 2.24) is 4.98 Å². The zero-order valence-electron chi connectivity index (χ0n) is 20.2. The molecule has 1 heterocycles. The van der Waals surface area contributed by atoms with Gasteiger partial charge in [-0.2, -0.15) is 0 Å². The standard InChI is InChI=1S/C17H13NO2S.C8H20N.3BrH.Pt/c1-12(19)20-15-8-4-2-6-13(15)10-11-17-18-14-7-3-5-9-16(14)21-17;1-5-9(6-2,7-3)8-4;;;;/h2-11H,1H3;5-8H2,1-4H3;3*1H;/q;+1;;;;+2/p-3/b11-10+;;;;;. The molecular weight excluding hydrogens is 827 g/mol. The molecule has 4 nitrogen and oxygen atoms in total. The van der Waals surface area contributed by atoms with Crippen molar-refractivity contribution in [2.75, 3.05) is 26.2 Å². The third-order valence-corrected chi connectivity index (χ3v) is 6.57. The number of esters is 1. The van der Waals surface area contributed by atoms with Gasteiger partial charge in [-0.05, 0) is 58.0 Å². The van der Waals surface area contributed by atoms with Crippen molar-refractivity contribution in [2.45, 2.75) is 34.6 Å². The van der Waals surface area contributed by atoms with Crippen molar-refractivity contribution >= 4 is 39.7 Å². The van der Waals surface area contributed by atoms with Gasteiger partial charge in [0.15, 0.2) is 0 Å². The van der Waals surface area contributed by atoms with Crippen molar-refractivity contribution in [1.29, 1.82) is 0 Å². The predicted octanol–water partition coefficient (Wildman–Crippen LogP) is -2.72. The van der Waals surface area contributed by atoms with E-state index in [-0.39, 0.29) is 78.0 Å². The molecule has 3 rings (SSSR count). The minimum atomic E-state index is -0.323. The fourth-order valence-corrected chi connectivity index (χ4v) is 4.20. The molecule has 3 aromatic rings. The Balaban J connectivity index is -0.000000648. The van der Waals surface area contributed by atoms with E-state index in [1.54, 1.807) is 17.4 Å². The van der Waals surface area contributed by atoms with Gasteiger partial charge in [0.05, 0.1) is 36.4 Å². The van der Waals surface area contributed by atoms with Crippen LogP contribution in [-0.2, 0) is 25.9 Å². The molecule has 0 fully saturated rings. The summed E-state index contributed by atoms with van der Waals surface area (Å²) in [6.07, 6.45) is 3.85. The molecule has 0 aliphatic carbocycles. The van der Waals surface area contributed by atoms with E-state index in [9.17, 15) is 4.79 Å². The van der Waals surface area contributed by atoms with Crippen molar-refractivity contribution in [3.63, 3.8) is 0 Å². The Labute approximate surface area is 254 Å². The van der Waals surface area contributed by atoms with Gasteiger partial charge in [0.1, 0.15) is 10.8 Å². The average Bonchev–Trinajstić information content (AvgIpc) is 3.18. The number of benzene rings is 2. The zero-order chi connectivity index (χ0) is 22.0. The van der Waals surface area contributed by atoms with E-state index in [4.69, 9.17) is 4.74 Å². The van der Waals surface area contributed by atoms with Crippen LogP contribution >= 0.6 is 11.3 Å². The van der Waals surface area contributed by atoms with Crippen LogP contribution in [0.3, 0.4) is 0 Å².